The number of unbranched alkanes of at least 4 members (excludes halogenated alkanes) is 1. The average Bonchev–Trinajstić information content (AvgIpc) is 3.01. The number of anilines is 2. The number of nitrogens with zero attached hydrogens (tertiary/aromatic N) is 2. The highest BCUT2D eigenvalue weighted by Gasteiger charge is 2.36. The van der Waals surface area contributed by atoms with Crippen LogP contribution in [-0.2, 0) is 16.6 Å². The Hall–Kier alpha value is -3.63. The molecule has 4 aromatic rings. The largest absolute Gasteiger partial charge is 0.378 e. The maximum absolute atomic E-state index is 14.7. The lowest BCUT2D eigenvalue weighted by atomic mass is 9.67. The molecule has 1 aliphatic heterocycles. The Kier molecular flexibility index (Phi) is 7.62. The minimum absolute atomic E-state index is 0.197. The van der Waals surface area contributed by atoms with E-state index in [2.05, 4.69) is 96.5 Å². The van der Waals surface area contributed by atoms with Gasteiger partial charge in [0.15, 0.2) is 0 Å². The van der Waals surface area contributed by atoms with E-state index in [0.29, 0.717) is 0 Å². The van der Waals surface area contributed by atoms with Gasteiger partial charge in [-0.2, -0.15) is 0 Å². The van der Waals surface area contributed by atoms with Crippen molar-refractivity contribution >= 4 is 28.2 Å². The van der Waals surface area contributed by atoms with E-state index in [1.165, 1.54) is 57.7 Å². The number of allylic oxidation sites excluding steroid dienone is 1. The average molecular weight is 535 g/mol. The summed E-state index contributed by atoms with van der Waals surface area (Å²) >= 11 is 0. The maximum atomic E-state index is 14.7. The Morgan fingerprint density at radius 3 is 2.38 bits per heavy atom. The van der Waals surface area contributed by atoms with Crippen LogP contribution in [0.15, 0.2) is 84.9 Å². The highest BCUT2D eigenvalue weighted by molar-refractivity contribution is 6.01. The molecular weight excluding hydrogens is 495 g/mol. The zero-order valence-corrected chi connectivity index (χ0v) is 23.7. The van der Waals surface area contributed by atoms with E-state index in [1.807, 2.05) is 6.07 Å². The molecule has 6 rings (SSSR count). The first-order chi connectivity index (χ1) is 19.6. The molecule has 4 heteroatoms. The summed E-state index contributed by atoms with van der Waals surface area (Å²) in [6, 6.07) is 27.3. The number of halogens is 1. The number of hydrogen-bond acceptors (Lipinski definition) is 3. The lowest BCUT2D eigenvalue weighted by molar-refractivity contribution is 0.123. The van der Waals surface area contributed by atoms with Crippen LogP contribution in [0.2, 0.25) is 0 Å². The molecule has 1 heterocycles. The van der Waals surface area contributed by atoms with Gasteiger partial charge in [0.25, 0.3) is 0 Å². The molecule has 0 aromatic heterocycles. The first-order valence-electron chi connectivity index (χ1n) is 14.8. The smallest absolute Gasteiger partial charge is 0.123 e. The van der Waals surface area contributed by atoms with Gasteiger partial charge in [-0.3, -0.25) is 0 Å². The van der Waals surface area contributed by atoms with Gasteiger partial charge in [0.05, 0.1) is 13.2 Å². The van der Waals surface area contributed by atoms with Crippen molar-refractivity contribution in [1.82, 2.24) is 0 Å². The molecule has 0 amide bonds. The molecule has 40 heavy (non-hydrogen) atoms. The quantitative estimate of drug-likeness (QED) is 0.228. The third kappa shape index (κ3) is 4.90. The van der Waals surface area contributed by atoms with E-state index < -0.39 is 5.41 Å². The van der Waals surface area contributed by atoms with Crippen molar-refractivity contribution in [3.63, 3.8) is 0 Å². The van der Waals surface area contributed by atoms with E-state index in [9.17, 15) is 4.39 Å². The second kappa shape index (κ2) is 11.5. The fourth-order valence-electron chi connectivity index (χ4n) is 6.55. The minimum atomic E-state index is -0.459. The normalized spacial score (nSPS) is 18.6. The summed E-state index contributed by atoms with van der Waals surface area (Å²) < 4.78 is 20.4. The summed E-state index contributed by atoms with van der Waals surface area (Å²) in [7, 11) is 0. The zero-order valence-electron chi connectivity index (χ0n) is 23.7. The summed E-state index contributed by atoms with van der Waals surface area (Å²) in [6.07, 6.45) is 7.73. The number of benzene rings is 4. The molecule has 1 atom stereocenters. The fraction of sp³-hybridized carbons (Fsp3) is 0.333. The summed E-state index contributed by atoms with van der Waals surface area (Å²) in [4.78, 5) is 4.90. The summed E-state index contributed by atoms with van der Waals surface area (Å²) in [5.41, 5.74) is 6.81. The Morgan fingerprint density at radius 2 is 1.65 bits per heavy atom. The number of ether oxygens (including phenoxy) is 1. The minimum Gasteiger partial charge on any atom is -0.378 e. The van der Waals surface area contributed by atoms with Crippen LogP contribution >= 0.6 is 0 Å². The molecule has 2 aliphatic rings. The first-order valence-corrected chi connectivity index (χ1v) is 14.8. The molecule has 3 nitrogen and oxygen atoms in total. The van der Waals surface area contributed by atoms with Gasteiger partial charge in [0, 0.05) is 48.4 Å². The predicted octanol–water partition coefficient (Wildman–Crippen LogP) is 8.00. The van der Waals surface area contributed by atoms with Crippen molar-refractivity contribution in [2.24, 2.45) is 0 Å². The summed E-state index contributed by atoms with van der Waals surface area (Å²) in [5, 5.41) is 2.55. The van der Waals surface area contributed by atoms with Gasteiger partial charge in [-0.1, -0.05) is 74.0 Å². The Morgan fingerprint density at radius 1 is 0.875 bits per heavy atom. The van der Waals surface area contributed by atoms with Gasteiger partial charge in [-0.15, -0.1) is 0 Å². The first kappa shape index (κ1) is 26.6. The number of fused-ring (bicyclic) bond motifs is 3. The molecule has 4 aromatic carbocycles. The van der Waals surface area contributed by atoms with Crippen LogP contribution in [0.4, 0.5) is 15.8 Å². The monoisotopic (exact) mass is 534 g/mol. The van der Waals surface area contributed by atoms with Crippen LogP contribution < -0.4 is 9.80 Å². The van der Waals surface area contributed by atoms with Gasteiger partial charge in [-0.25, -0.2) is 4.39 Å². The molecule has 1 unspecified atom stereocenters. The van der Waals surface area contributed by atoms with Gasteiger partial charge in [0.1, 0.15) is 5.82 Å². The third-order valence-electron chi connectivity index (χ3n) is 8.76. The molecule has 1 fully saturated rings. The van der Waals surface area contributed by atoms with Crippen molar-refractivity contribution in [2.75, 3.05) is 49.2 Å². The SMILES string of the molecule is CCCCN(CC)c1ccc(C2(c3cccc(F)c3)C=Cc3c(cc(N4CCOCC4)c4ccccc34)C2)cc1. The molecule has 0 N–H and O–H groups in total. The molecule has 1 aliphatic carbocycles. The van der Waals surface area contributed by atoms with E-state index in [1.54, 1.807) is 6.07 Å². The molecule has 206 valence electrons. The standard InChI is InChI=1S/C36H39FN2O/c1-3-5-19-38(4-2)31-15-13-28(14-16-31)36(29-9-8-10-30(37)25-29)18-17-32-27(26-36)24-35(39-20-22-40-23-21-39)34-12-7-6-11-33(32)34/h6-18,24-25H,3-5,19-23,26H2,1-2H3. The van der Waals surface area contributed by atoms with E-state index >= 15 is 0 Å². The van der Waals surface area contributed by atoms with Crippen LogP contribution in [0.1, 0.15) is 48.9 Å². The Bertz CT molecular complexity index is 1510. The van der Waals surface area contributed by atoms with Gasteiger partial charge in [0.2, 0.25) is 0 Å². The van der Waals surface area contributed by atoms with Crippen molar-refractivity contribution in [3.05, 3.63) is 113 Å². The van der Waals surface area contributed by atoms with Crippen molar-refractivity contribution < 1.29 is 9.13 Å². The van der Waals surface area contributed by atoms with Crippen LogP contribution in [0.5, 0.6) is 0 Å². The third-order valence-corrected chi connectivity index (χ3v) is 8.76. The summed E-state index contributed by atoms with van der Waals surface area (Å²) in [5.74, 6) is -0.197. The second-order valence-corrected chi connectivity index (χ2v) is 11.1. The van der Waals surface area contributed by atoms with Crippen LogP contribution in [0, 0.1) is 5.82 Å². The topological polar surface area (TPSA) is 15.7 Å². The molecular formula is C36H39FN2O. The van der Waals surface area contributed by atoms with Crippen LogP contribution in [0.25, 0.3) is 16.8 Å². The molecule has 1 saturated heterocycles. The predicted molar refractivity (Wildman–Crippen MR) is 166 cm³/mol. The maximum Gasteiger partial charge on any atom is 0.123 e. The zero-order chi connectivity index (χ0) is 27.5. The van der Waals surface area contributed by atoms with Crippen LogP contribution in [-0.4, -0.2) is 39.4 Å². The second-order valence-electron chi connectivity index (χ2n) is 11.1. The highest BCUT2D eigenvalue weighted by Crippen LogP contribution is 2.45. The molecule has 0 radical (unpaired) electrons. The fourth-order valence-corrected chi connectivity index (χ4v) is 6.55. The number of rotatable bonds is 8. The Balaban J connectivity index is 1.48. The van der Waals surface area contributed by atoms with E-state index in [0.717, 1.165) is 51.4 Å². The molecule has 0 bridgehead atoms. The molecule has 0 spiro atoms. The van der Waals surface area contributed by atoms with E-state index in [-0.39, 0.29) is 5.82 Å². The molecule has 0 saturated carbocycles. The van der Waals surface area contributed by atoms with Crippen molar-refractivity contribution in [1.29, 1.82) is 0 Å². The van der Waals surface area contributed by atoms with Crippen molar-refractivity contribution in [3.8, 4) is 0 Å². The van der Waals surface area contributed by atoms with Gasteiger partial charge in [-0.05, 0) is 77.7 Å². The highest BCUT2D eigenvalue weighted by atomic mass is 19.1. The summed E-state index contributed by atoms with van der Waals surface area (Å²) in [6.45, 7) is 9.78. The lowest BCUT2D eigenvalue weighted by Crippen LogP contribution is -2.36. The van der Waals surface area contributed by atoms with Gasteiger partial charge < -0.3 is 14.5 Å². The van der Waals surface area contributed by atoms with E-state index in [4.69, 9.17) is 4.74 Å². The van der Waals surface area contributed by atoms with Crippen molar-refractivity contribution in [2.45, 2.75) is 38.5 Å². The van der Waals surface area contributed by atoms with Gasteiger partial charge >= 0.3 is 0 Å². The number of hydrogen-bond donors (Lipinski definition) is 0. The lowest BCUT2D eigenvalue weighted by Gasteiger charge is -2.38. The Labute approximate surface area is 237 Å². The number of morpholine rings is 1. The van der Waals surface area contributed by atoms with Crippen LogP contribution in [0.3, 0.4) is 0 Å².